The van der Waals surface area contributed by atoms with E-state index in [0.29, 0.717) is 27.7 Å². The number of nitrogens with one attached hydrogen (secondary N) is 1. The van der Waals surface area contributed by atoms with Crippen LogP contribution in [0.4, 0.5) is 5.69 Å². The van der Waals surface area contributed by atoms with E-state index in [4.69, 9.17) is 16.3 Å². The minimum absolute atomic E-state index is 0.163. The summed E-state index contributed by atoms with van der Waals surface area (Å²) in [5, 5.41) is 16.0. The van der Waals surface area contributed by atoms with Gasteiger partial charge in [-0.25, -0.2) is 4.68 Å². The van der Waals surface area contributed by atoms with Gasteiger partial charge in [-0.2, -0.15) is 0 Å². The lowest BCUT2D eigenvalue weighted by atomic mass is 9.96. The molecule has 0 bridgehead atoms. The van der Waals surface area contributed by atoms with Crippen LogP contribution in [0.5, 0.6) is 5.75 Å². The summed E-state index contributed by atoms with van der Waals surface area (Å²) in [7, 11) is 1.55. The quantitative estimate of drug-likeness (QED) is 0.770. The number of thioether (sulfide) groups is 1. The Balaban J connectivity index is 1.60. The lowest BCUT2D eigenvalue weighted by Gasteiger charge is -2.21. The molecule has 3 rings (SSSR count). The Labute approximate surface area is 155 Å². The average Bonchev–Trinajstić information content (AvgIpc) is 3.09. The van der Waals surface area contributed by atoms with Gasteiger partial charge in [0.1, 0.15) is 5.75 Å². The van der Waals surface area contributed by atoms with E-state index >= 15 is 0 Å². The highest BCUT2D eigenvalue weighted by molar-refractivity contribution is 7.99. The molecule has 1 saturated carbocycles. The van der Waals surface area contributed by atoms with Crippen LogP contribution in [0, 0.1) is 0 Å². The number of methoxy groups -OCH3 is 1. The molecule has 1 amide bonds. The molecule has 9 heteroatoms. The lowest BCUT2D eigenvalue weighted by molar-refractivity contribution is -0.113. The first-order chi connectivity index (χ1) is 12.2. The van der Waals surface area contributed by atoms with Crippen LogP contribution < -0.4 is 10.1 Å². The molecule has 7 nitrogen and oxygen atoms in total. The fourth-order valence-corrected chi connectivity index (χ4v) is 3.85. The third-order valence-electron chi connectivity index (χ3n) is 4.15. The fourth-order valence-electron chi connectivity index (χ4n) is 2.93. The van der Waals surface area contributed by atoms with Gasteiger partial charge in [-0.15, -0.1) is 5.10 Å². The Hall–Kier alpha value is -1.80. The molecular weight excluding hydrogens is 362 g/mol. The number of tetrazole rings is 1. The molecule has 1 fully saturated rings. The van der Waals surface area contributed by atoms with Crippen molar-refractivity contribution in [3.05, 3.63) is 23.2 Å². The summed E-state index contributed by atoms with van der Waals surface area (Å²) < 4.78 is 7.09. The molecule has 0 radical (unpaired) electrons. The number of carbonyl (C=O) groups is 1. The molecular formula is C16H20ClN5O2S. The van der Waals surface area contributed by atoms with Crippen LogP contribution in [0.2, 0.25) is 5.02 Å². The number of aromatic nitrogens is 4. The second-order valence-corrected chi connectivity index (χ2v) is 7.26. The van der Waals surface area contributed by atoms with Crippen molar-refractivity contribution in [3.8, 4) is 5.75 Å². The predicted molar refractivity (Wildman–Crippen MR) is 97.3 cm³/mol. The third kappa shape index (κ3) is 4.64. The molecule has 25 heavy (non-hydrogen) atoms. The fraction of sp³-hybridized carbons (Fsp3) is 0.500. The molecule has 2 aromatic rings. The molecule has 0 saturated heterocycles. The number of nitrogens with zero attached hydrogens (tertiary/aromatic N) is 4. The summed E-state index contributed by atoms with van der Waals surface area (Å²) in [4.78, 5) is 12.3. The summed E-state index contributed by atoms with van der Waals surface area (Å²) in [6.45, 7) is 0. The minimum atomic E-state index is -0.163. The van der Waals surface area contributed by atoms with Crippen molar-refractivity contribution in [2.24, 2.45) is 0 Å². The summed E-state index contributed by atoms with van der Waals surface area (Å²) in [6.07, 6.45) is 5.84. The normalized spacial score (nSPS) is 15.1. The van der Waals surface area contributed by atoms with Crippen LogP contribution in [0.15, 0.2) is 23.4 Å². The number of rotatable bonds is 6. The highest BCUT2D eigenvalue weighted by atomic mass is 35.5. The SMILES string of the molecule is COc1ccc(Cl)cc1NC(=O)CSc1nnnn1C1CCCCC1. The number of halogens is 1. The van der Waals surface area contributed by atoms with E-state index < -0.39 is 0 Å². The smallest absolute Gasteiger partial charge is 0.234 e. The van der Waals surface area contributed by atoms with E-state index in [1.807, 2.05) is 4.68 Å². The largest absolute Gasteiger partial charge is 0.495 e. The van der Waals surface area contributed by atoms with Crippen molar-refractivity contribution in [1.82, 2.24) is 20.2 Å². The van der Waals surface area contributed by atoms with Crippen molar-refractivity contribution in [1.29, 1.82) is 0 Å². The summed E-state index contributed by atoms with van der Waals surface area (Å²) >= 11 is 7.31. The van der Waals surface area contributed by atoms with Gasteiger partial charge < -0.3 is 10.1 Å². The van der Waals surface area contributed by atoms with Gasteiger partial charge in [-0.3, -0.25) is 4.79 Å². The number of amides is 1. The molecule has 0 atom stereocenters. The van der Waals surface area contributed by atoms with Gasteiger partial charge in [0.15, 0.2) is 0 Å². The van der Waals surface area contributed by atoms with E-state index in [0.717, 1.165) is 12.8 Å². The van der Waals surface area contributed by atoms with Crippen LogP contribution in [0.3, 0.4) is 0 Å². The molecule has 0 spiro atoms. The predicted octanol–water partition coefficient (Wildman–Crippen LogP) is 3.57. The topological polar surface area (TPSA) is 81.9 Å². The monoisotopic (exact) mass is 381 g/mol. The standard InChI is InChI=1S/C16H20ClN5O2S/c1-24-14-8-7-11(17)9-13(14)18-15(23)10-25-16-19-20-21-22(16)12-5-3-2-4-6-12/h7-9,12H,2-6,10H2,1H3,(H,18,23). The highest BCUT2D eigenvalue weighted by Crippen LogP contribution is 2.31. The number of hydrogen-bond donors (Lipinski definition) is 1. The van der Waals surface area contributed by atoms with E-state index in [-0.39, 0.29) is 11.7 Å². The molecule has 1 aromatic heterocycles. The minimum Gasteiger partial charge on any atom is -0.495 e. The highest BCUT2D eigenvalue weighted by Gasteiger charge is 2.21. The maximum atomic E-state index is 12.3. The second-order valence-electron chi connectivity index (χ2n) is 5.88. The maximum absolute atomic E-state index is 12.3. The van der Waals surface area contributed by atoms with Crippen molar-refractivity contribution in [2.75, 3.05) is 18.2 Å². The van der Waals surface area contributed by atoms with E-state index in [2.05, 4.69) is 20.8 Å². The zero-order valence-corrected chi connectivity index (χ0v) is 15.5. The van der Waals surface area contributed by atoms with Crippen LogP contribution in [-0.4, -0.2) is 39.0 Å². The average molecular weight is 382 g/mol. The van der Waals surface area contributed by atoms with E-state index in [9.17, 15) is 4.79 Å². The van der Waals surface area contributed by atoms with Gasteiger partial charge >= 0.3 is 0 Å². The molecule has 1 heterocycles. The van der Waals surface area contributed by atoms with Gasteiger partial charge in [0.2, 0.25) is 11.1 Å². The van der Waals surface area contributed by atoms with Crippen molar-refractivity contribution < 1.29 is 9.53 Å². The van der Waals surface area contributed by atoms with Gasteiger partial charge in [0.25, 0.3) is 0 Å². The number of carbonyl (C=O) groups excluding carboxylic acids is 1. The molecule has 0 unspecified atom stereocenters. The van der Waals surface area contributed by atoms with Gasteiger partial charge in [0.05, 0.1) is 24.6 Å². The van der Waals surface area contributed by atoms with Gasteiger partial charge in [-0.1, -0.05) is 42.6 Å². The van der Waals surface area contributed by atoms with Crippen LogP contribution in [0.25, 0.3) is 0 Å². The van der Waals surface area contributed by atoms with Crippen LogP contribution in [-0.2, 0) is 4.79 Å². The summed E-state index contributed by atoms with van der Waals surface area (Å²) in [5.74, 6) is 0.613. The number of anilines is 1. The molecule has 0 aliphatic heterocycles. The maximum Gasteiger partial charge on any atom is 0.234 e. The summed E-state index contributed by atoms with van der Waals surface area (Å²) in [5.41, 5.74) is 0.549. The first-order valence-electron chi connectivity index (χ1n) is 8.21. The van der Waals surface area contributed by atoms with Crippen molar-refractivity contribution >= 4 is 35.0 Å². The van der Waals surface area contributed by atoms with Crippen LogP contribution >= 0.6 is 23.4 Å². The van der Waals surface area contributed by atoms with Crippen molar-refractivity contribution in [2.45, 2.75) is 43.3 Å². The number of benzene rings is 1. The Morgan fingerprint density at radius 1 is 1.40 bits per heavy atom. The third-order valence-corrected chi connectivity index (χ3v) is 5.32. The molecule has 1 aromatic carbocycles. The Morgan fingerprint density at radius 2 is 2.20 bits per heavy atom. The Kier molecular flexibility index (Phi) is 6.14. The van der Waals surface area contributed by atoms with Gasteiger partial charge in [0, 0.05) is 5.02 Å². The van der Waals surface area contributed by atoms with Gasteiger partial charge in [-0.05, 0) is 41.5 Å². The lowest BCUT2D eigenvalue weighted by Crippen LogP contribution is -2.17. The molecule has 1 aliphatic rings. The summed E-state index contributed by atoms with van der Waals surface area (Å²) in [6, 6.07) is 5.43. The zero-order chi connectivity index (χ0) is 17.6. The van der Waals surface area contributed by atoms with E-state index in [1.165, 1.54) is 31.0 Å². The Morgan fingerprint density at radius 3 is 2.96 bits per heavy atom. The first kappa shape index (κ1) is 18.0. The number of ether oxygens (including phenoxy) is 1. The van der Waals surface area contributed by atoms with Crippen LogP contribution in [0.1, 0.15) is 38.1 Å². The van der Waals surface area contributed by atoms with Crippen molar-refractivity contribution in [3.63, 3.8) is 0 Å². The molecule has 1 aliphatic carbocycles. The van der Waals surface area contributed by atoms with E-state index in [1.54, 1.807) is 25.3 Å². The molecule has 1 N–H and O–H groups in total. The zero-order valence-electron chi connectivity index (χ0n) is 13.9. The first-order valence-corrected chi connectivity index (χ1v) is 9.58. The number of hydrogen-bond acceptors (Lipinski definition) is 6. The molecule has 134 valence electrons. The second kappa shape index (κ2) is 8.53. The Bertz CT molecular complexity index is 733.